The molecule has 2 aromatic heterocycles. The Balaban J connectivity index is 2.00. The van der Waals surface area contributed by atoms with E-state index in [0.717, 1.165) is 16.3 Å². The van der Waals surface area contributed by atoms with Crippen molar-refractivity contribution in [3.05, 3.63) is 33.6 Å². The van der Waals surface area contributed by atoms with Crippen molar-refractivity contribution in [2.75, 3.05) is 6.54 Å². The number of nitrogens with one attached hydrogen (secondary N) is 2. The standard InChI is InChI=1S/C11H15N3O2S3/c1-2-12-5-9-3-4-11(18-9)19(15,16)14-7-10-6-13-8-17-10/h3-4,6,8,12,14H,2,5,7H2,1H3. The monoisotopic (exact) mass is 317 g/mol. The van der Waals surface area contributed by atoms with Crippen LogP contribution in [0.15, 0.2) is 28.0 Å². The lowest BCUT2D eigenvalue weighted by Gasteiger charge is -2.02. The van der Waals surface area contributed by atoms with Gasteiger partial charge in [-0.05, 0) is 18.7 Å². The van der Waals surface area contributed by atoms with Crippen molar-refractivity contribution in [1.29, 1.82) is 0 Å². The van der Waals surface area contributed by atoms with E-state index >= 15 is 0 Å². The number of thiophene rings is 1. The highest BCUT2D eigenvalue weighted by molar-refractivity contribution is 7.91. The molecule has 8 heteroatoms. The van der Waals surface area contributed by atoms with E-state index in [1.807, 2.05) is 13.0 Å². The Labute approximate surface area is 120 Å². The summed E-state index contributed by atoms with van der Waals surface area (Å²) < 4.78 is 27.1. The zero-order valence-electron chi connectivity index (χ0n) is 10.4. The molecule has 0 saturated heterocycles. The fourth-order valence-corrected chi connectivity index (χ4v) is 4.41. The molecule has 0 spiro atoms. The van der Waals surface area contributed by atoms with Crippen LogP contribution in [-0.2, 0) is 23.1 Å². The fraction of sp³-hybridized carbons (Fsp3) is 0.364. The molecule has 2 N–H and O–H groups in total. The third kappa shape index (κ3) is 4.08. The molecule has 2 heterocycles. The molecule has 0 aromatic carbocycles. The smallest absolute Gasteiger partial charge is 0.250 e. The van der Waals surface area contributed by atoms with Gasteiger partial charge in [0.2, 0.25) is 10.0 Å². The lowest BCUT2D eigenvalue weighted by molar-refractivity contribution is 0.584. The average molecular weight is 317 g/mol. The summed E-state index contributed by atoms with van der Waals surface area (Å²) in [4.78, 5) is 5.82. The Hall–Kier alpha value is -0.800. The first-order chi connectivity index (χ1) is 9.12. The fourth-order valence-electron chi connectivity index (χ4n) is 1.41. The van der Waals surface area contributed by atoms with Gasteiger partial charge in [-0.25, -0.2) is 13.1 Å². The molecule has 2 aromatic rings. The summed E-state index contributed by atoms with van der Waals surface area (Å²) in [7, 11) is -3.42. The van der Waals surface area contributed by atoms with Crippen LogP contribution in [0, 0.1) is 0 Å². The van der Waals surface area contributed by atoms with E-state index in [9.17, 15) is 8.42 Å². The van der Waals surface area contributed by atoms with Crippen LogP contribution in [0.2, 0.25) is 0 Å². The van der Waals surface area contributed by atoms with Gasteiger partial charge in [-0.3, -0.25) is 4.98 Å². The van der Waals surface area contributed by atoms with Gasteiger partial charge < -0.3 is 5.32 Å². The van der Waals surface area contributed by atoms with Gasteiger partial charge in [0, 0.05) is 29.0 Å². The van der Waals surface area contributed by atoms with Crippen LogP contribution in [0.5, 0.6) is 0 Å². The molecule has 5 nitrogen and oxygen atoms in total. The predicted octanol–water partition coefficient (Wildman–Crippen LogP) is 1.79. The number of hydrogen-bond donors (Lipinski definition) is 2. The largest absolute Gasteiger partial charge is 0.312 e. The summed E-state index contributed by atoms with van der Waals surface area (Å²) in [6.07, 6.45) is 1.66. The molecule has 0 amide bonds. The number of aromatic nitrogens is 1. The van der Waals surface area contributed by atoms with Crippen LogP contribution in [-0.4, -0.2) is 19.9 Å². The zero-order valence-corrected chi connectivity index (χ0v) is 12.9. The maximum atomic E-state index is 12.1. The van der Waals surface area contributed by atoms with Crippen molar-refractivity contribution in [2.24, 2.45) is 0 Å². The van der Waals surface area contributed by atoms with Gasteiger partial charge in [0.1, 0.15) is 4.21 Å². The van der Waals surface area contributed by atoms with E-state index in [4.69, 9.17) is 0 Å². The van der Waals surface area contributed by atoms with Gasteiger partial charge in [0.25, 0.3) is 0 Å². The van der Waals surface area contributed by atoms with Gasteiger partial charge in [-0.2, -0.15) is 0 Å². The number of hydrogen-bond acceptors (Lipinski definition) is 6. The first-order valence-electron chi connectivity index (χ1n) is 5.78. The lowest BCUT2D eigenvalue weighted by Crippen LogP contribution is -2.21. The van der Waals surface area contributed by atoms with Crippen LogP contribution < -0.4 is 10.0 Å². The van der Waals surface area contributed by atoms with Crippen molar-refractivity contribution < 1.29 is 8.42 Å². The molecular formula is C11H15N3O2S3. The molecule has 19 heavy (non-hydrogen) atoms. The van der Waals surface area contributed by atoms with E-state index in [1.54, 1.807) is 17.8 Å². The minimum Gasteiger partial charge on any atom is -0.312 e. The molecule has 0 aliphatic carbocycles. The zero-order chi connectivity index (χ0) is 13.7. The van der Waals surface area contributed by atoms with E-state index in [0.29, 0.717) is 10.8 Å². The van der Waals surface area contributed by atoms with Gasteiger partial charge in [-0.15, -0.1) is 22.7 Å². The van der Waals surface area contributed by atoms with E-state index in [-0.39, 0.29) is 6.54 Å². The summed E-state index contributed by atoms with van der Waals surface area (Å²) in [6, 6.07) is 3.49. The third-order valence-electron chi connectivity index (χ3n) is 2.37. The number of thiazole rings is 1. The number of rotatable bonds is 7. The van der Waals surface area contributed by atoms with Crippen molar-refractivity contribution in [2.45, 2.75) is 24.2 Å². The molecule has 0 fully saturated rings. The molecule has 0 radical (unpaired) electrons. The Kier molecular flexibility index (Phi) is 5.06. The van der Waals surface area contributed by atoms with Crippen LogP contribution in [0.25, 0.3) is 0 Å². The van der Waals surface area contributed by atoms with Gasteiger partial charge >= 0.3 is 0 Å². The highest BCUT2D eigenvalue weighted by Crippen LogP contribution is 2.21. The molecule has 0 aliphatic rings. The van der Waals surface area contributed by atoms with Crippen molar-refractivity contribution in [1.82, 2.24) is 15.0 Å². The van der Waals surface area contributed by atoms with Crippen molar-refractivity contribution in [3.63, 3.8) is 0 Å². The Bertz CT molecular complexity index is 605. The highest BCUT2D eigenvalue weighted by atomic mass is 32.2. The second kappa shape index (κ2) is 6.58. The molecule has 2 rings (SSSR count). The SMILES string of the molecule is CCNCc1ccc(S(=O)(=O)NCc2cncs2)s1. The minimum absolute atomic E-state index is 0.285. The second-order valence-electron chi connectivity index (χ2n) is 3.79. The lowest BCUT2D eigenvalue weighted by atomic mass is 10.4. The van der Waals surface area contributed by atoms with E-state index < -0.39 is 10.0 Å². The van der Waals surface area contributed by atoms with E-state index in [1.165, 1.54) is 22.7 Å². The first kappa shape index (κ1) is 14.6. The Morgan fingerprint density at radius 2 is 2.11 bits per heavy atom. The third-order valence-corrected chi connectivity index (χ3v) is 6.13. The quantitative estimate of drug-likeness (QED) is 0.817. The molecule has 0 saturated carbocycles. The van der Waals surface area contributed by atoms with E-state index in [2.05, 4.69) is 15.0 Å². The number of sulfonamides is 1. The predicted molar refractivity (Wildman–Crippen MR) is 77.8 cm³/mol. The summed E-state index contributed by atoms with van der Waals surface area (Å²) in [6.45, 7) is 3.87. The van der Waals surface area contributed by atoms with Gasteiger partial charge in [0.15, 0.2) is 0 Å². The minimum atomic E-state index is -3.42. The van der Waals surface area contributed by atoms with Crippen molar-refractivity contribution >= 4 is 32.7 Å². The van der Waals surface area contributed by atoms with Crippen molar-refractivity contribution in [3.8, 4) is 0 Å². The van der Waals surface area contributed by atoms with Crippen LogP contribution in [0.4, 0.5) is 0 Å². The molecule has 0 aliphatic heterocycles. The maximum Gasteiger partial charge on any atom is 0.250 e. The topological polar surface area (TPSA) is 71.1 Å². The first-order valence-corrected chi connectivity index (χ1v) is 8.96. The second-order valence-corrected chi connectivity index (χ2v) is 7.93. The highest BCUT2D eigenvalue weighted by Gasteiger charge is 2.16. The maximum absolute atomic E-state index is 12.1. The Morgan fingerprint density at radius 3 is 2.79 bits per heavy atom. The molecule has 104 valence electrons. The van der Waals surface area contributed by atoms with Crippen LogP contribution in [0.3, 0.4) is 0 Å². The van der Waals surface area contributed by atoms with Crippen LogP contribution in [0.1, 0.15) is 16.7 Å². The van der Waals surface area contributed by atoms with Gasteiger partial charge in [-0.1, -0.05) is 6.92 Å². The summed E-state index contributed by atoms with van der Waals surface area (Å²) in [5.41, 5.74) is 1.68. The average Bonchev–Trinajstić information content (AvgIpc) is 3.05. The summed E-state index contributed by atoms with van der Waals surface area (Å²) >= 11 is 2.72. The summed E-state index contributed by atoms with van der Waals surface area (Å²) in [5, 5.41) is 3.17. The van der Waals surface area contributed by atoms with Gasteiger partial charge in [0.05, 0.1) is 5.51 Å². The molecule has 0 atom stereocenters. The molecular weight excluding hydrogens is 302 g/mol. The molecule has 0 unspecified atom stereocenters. The van der Waals surface area contributed by atoms with Crippen LogP contribution >= 0.6 is 22.7 Å². The normalized spacial score (nSPS) is 11.8. The summed E-state index contributed by atoms with van der Waals surface area (Å²) in [5.74, 6) is 0. The molecule has 0 bridgehead atoms. The Morgan fingerprint density at radius 1 is 1.26 bits per heavy atom. The number of nitrogens with zero attached hydrogens (tertiary/aromatic N) is 1.